The van der Waals surface area contributed by atoms with Gasteiger partial charge in [0.1, 0.15) is 6.61 Å². The molecule has 0 aliphatic heterocycles. The number of carbonyl (C=O) groups is 1. The summed E-state index contributed by atoms with van der Waals surface area (Å²) in [7, 11) is 0. The van der Waals surface area contributed by atoms with Crippen LogP contribution < -0.4 is 10.3 Å². The van der Waals surface area contributed by atoms with E-state index in [4.69, 9.17) is 39.5 Å². The molecule has 0 spiro atoms. The smallest absolute Gasteiger partial charge is 0.289 e. The number of aromatic nitrogens is 2. The average Bonchev–Trinajstić information content (AvgIpc) is 2.68. The second kappa shape index (κ2) is 8.80. The van der Waals surface area contributed by atoms with Gasteiger partial charge in [-0.2, -0.15) is 5.10 Å². The fraction of sp³-hybridized carbons (Fsp3) is 0.227. The number of carbonyl (C=O) groups excluding carboxylic acids is 1. The van der Waals surface area contributed by atoms with E-state index in [0.29, 0.717) is 21.2 Å². The quantitative estimate of drug-likeness (QED) is 0.449. The van der Waals surface area contributed by atoms with Gasteiger partial charge in [0.15, 0.2) is 16.6 Å². The Kier molecular flexibility index (Phi) is 6.56. The highest BCUT2D eigenvalue weighted by molar-refractivity contribution is 6.37. The van der Waals surface area contributed by atoms with Crippen LogP contribution in [0.5, 0.6) is 5.75 Å². The lowest BCUT2D eigenvalue weighted by Gasteiger charge is -2.21. The number of ether oxygens (including phenoxy) is 1. The third kappa shape index (κ3) is 4.86. The van der Waals surface area contributed by atoms with Gasteiger partial charge >= 0.3 is 0 Å². The van der Waals surface area contributed by atoms with Crippen LogP contribution in [0.15, 0.2) is 53.5 Å². The Morgan fingerprint density at radius 1 is 1.07 bits per heavy atom. The van der Waals surface area contributed by atoms with E-state index < -0.39 is 11.1 Å². The van der Waals surface area contributed by atoms with Gasteiger partial charge in [0, 0.05) is 16.1 Å². The summed E-state index contributed by atoms with van der Waals surface area (Å²) < 4.78 is 6.97. The van der Waals surface area contributed by atoms with E-state index in [-0.39, 0.29) is 23.2 Å². The second-order valence-electron chi connectivity index (χ2n) is 7.65. The van der Waals surface area contributed by atoms with Gasteiger partial charge in [0.25, 0.3) is 5.56 Å². The molecule has 0 saturated heterocycles. The van der Waals surface area contributed by atoms with Crippen LogP contribution in [0.3, 0.4) is 0 Å². The van der Waals surface area contributed by atoms with Crippen molar-refractivity contribution in [2.45, 2.75) is 32.9 Å². The molecule has 0 N–H and O–H groups in total. The number of rotatable bonds is 5. The first-order chi connectivity index (χ1) is 14.1. The molecule has 2 aromatic carbocycles. The predicted octanol–water partition coefficient (Wildman–Crippen LogP) is 5.77. The zero-order valence-corrected chi connectivity index (χ0v) is 18.8. The Labute approximate surface area is 189 Å². The van der Waals surface area contributed by atoms with Crippen molar-refractivity contribution in [3.63, 3.8) is 0 Å². The van der Waals surface area contributed by atoms with Crippen molar-refractivity contribution in [1.29, 1.82) is 0 Å². The van der Waals surface area contributed by atoms with Crippen LogP contribution in [0.1, 0.15) is 42.3 Å². The molecule has 3 rings (SSSR count). The number of hydrogen-bond acceptors (Lipinski definition) is 4. The van der Waals surface area contributed by atoms with Gasteiger partial charge in [-0.05, 0) is 44.5 Å². The minimum absolute atomic E-state index is 0.0240. The second-order valence-corrected chi connectivity index (χ2v) is 8.87. The van der Waals surface area contributed by atoms with Gasteiger partial charge < -0.3 is 4.74 Å². The van der Waals surface area contributed by atoms with Crippen LogP contribution in [-0.4, -0.2) is 15.6 Å². The summed E-state index contributed by atoms with van der Waals surface area (Å²) in [6.07, 6.45) is 1.43. The summed E-state index contributed by atoms with van der Waals surface area (Å²) in [4.78, 5) is 25.0. The first-order valence-corrected chi connectivity index (χ1v) is 10.2. The molecular weight excluding hydrogens is 447 g/mol. The Morgan fingerprint density at radius 2 is 1.73 bits per heavy atom. The lowest BCUT2D eigenvalue weighted by atomic mass is 10.0. The molecule has 0 saturated carbocycles. The highest BCUT2D eigenvalue weighted by Gasteiger charge is 2.20. The van der Waals surface area contributed by atoms with Gasteiger partial charge in [-0.1, -0.05) is 59.1 Å². The molecule has 0 unspecified atom stereocenters. The van der Waals surface area contributed by atoms with Crippen LogP contribution >= 0.6 is 34.8 Å². The van der Waals surface area contributed by atoms with E-state index in [1.807, 2.05) is 20.8 Å². The molecule has 0 bridgehead atoms. The van der Waals surface area contributed by atoms with Crippen molar-refractivity contribution in [3.8, 4) is 5.75 Å². The van der Waals surface area contributed by atoms with Crippen LogP contribution in [0, 0.1) is 0 Å². The first-order valence-electron chi connectivity index (χ1n) is 9.08. The molecule has 1 aromatic heterocycles. The van der Waals surface area contributed by atoms with E-state index in [0.717, 1.165) is 5.56 Å². The van der Waals surface area contributed by atoms with Crippen molar-refractivity contribution < 1.29 is 9.53 Å². The molecule has 0 aliphatic carbocycles. The zero-order valence-electron chi connectivity index (χ0n) is 16.6. The van der Waals surface area contributed by atoms with E-state index >= 15 is 0 Å². The fourth-order valence-electron chi connectivity index (χ4n) is 2.74. The predicted molar refractivity (Wildman–Crippen MR) is 119 cm³/mol. The molecule has 30 heavy (non-hydrogen) atoms. The highest BCUT2D eigenvalue weighted by atomic mass is 35.5. The lowest BCUT2D eigenvalue weighted by Crippen LogP contribution is -2.36. The topological polar surface area (TPSA) is 61.2 Å². The molecule has 0 aliphatic rings. The van der Waals surface area contributed by atoms with Crippen molar-refractivity contribution in [2.75, 3.05) is 0 Å². The molecular formula is C22H19Cl3N2O3. The highest BCUT2D eigenvalue weighted by Crippen LogP contribution is 2.24. The molecule has 1 heterocycles. The minimum Gasteiger partial charge on any atom is -0.485 e. The molecule has 3 aromatic rings. The molecule has 0 atom stereocenters. The Hall–Kier alpha value is -2.34. The van der Waals surface area contributed by atoms with Gasteiger partial charge in [-0.15, -0.1) is 0 Å². The minimum atomic E-state index is -0.491. The van der Waals surface area contributed by atoms with Crippen LogP contribution in [-0.2, 0) is 12.1 Å². The van der Waals surface area contributed by atoms with E-state index in [2.05, 4.69) is 5.10 Å². The first kappa shape index (κ1) is 22.3. The standard InChI is InChI=1S/C22H19Cl3N2O3/c1-22(2,3)27-21(29)19(25)18(11-26-27)30-12-13-4-6-14(7-5-13)20(28)16-9-8-15(23)10-17(16)24/h4-11H,12H2,1-3H3. The molecule has 5 nitrogen and oxygen atoms in total. The monoisotopic (exact) mass is 464 g/mol. The van der Waals surface area contributed by atoms with E-state index in [1.54, 1.807) is 36.4 Å². The third-order valence-corrected chi connectivity index (χ3v) is 5.20. The summed E-state index contributed by atoms with van der Waals surface area (Å²) in [5.74, 6) is -0.00237. The normalized spacial score (nSPS) is 11.4. The van der Waals surface area contributed by atoms with Crippen molar-refractivity contribution in [1.82, 2.24) is 9.78 Å². The number of nitrogens with zero attached hydrogens (tertiary/aromatic N) is 2. The van der Waals surface area contributed by atoms with Crippen molar-refractivity contribution >= 4 is 40.6 Å². The summed E-state index contributed by atoms with van der Waals surface area (Å²) in [6.45, 7) is 5.74. The average molecular weight is 466 g/mol. The summed E-state index contributed by atoms with van der Waals surface area (Å²) in [5, 5.41) is 4.88. The van der Waals surface area contributed by atoms with Gasteiger partial charge in [-0.3, -0.25) is 9.59 Å². The maximum Gasteiger partial charge on any atom is 0.289 e. The van der Waals surface area contributed by atoms with Gasteiger partial charge in [0.2, 0.25) is 0 Å². The lowest BCUT2D eigenvalue weighted by molar-refractivity contribution is 0.103. The van der Waals surface area contributed by atoms with Crippen LogP contribution in [0.25, 0.3) is 0 Å². The summed E-state index contributed by atoms with van der Waals surface area (Å²) >= 11 is 18.2. The Balaban J connectivity index is 1.73. The summed E-state index contributed by atoms with van der Waals surface area (Å²) in [5.41, 5.74) is 0.749. The largest absolute Gasteiger partial charge is 0.485 e. The van der Waals surface area contributed by atoms with Crippen molar-refractivity contribution in [2.24, 2.45) is 0 Å². The summed E-state index contributed by atoms with van der Waals surface area (Å²) in [6, 6.07) is 11.6. The van der Waals surface area contributed by atoms with E-state index in [1.165, 1.54) is 16.9 Å². The van der Waals surface area contributed by atoms with Gasteiger partial charge in [0.05, 0.1) is 16.8 Å². The number of hydrogen-bond donors (Lipinski definition) is 0. The number of benzene rings is 2. The molecule has 0 radical (unpaired) electrons. The maximum absolute atomic E-state index is 12.6. The number of ketones is 1. The maximum atomic E-state index is 12.6. The molecule has 0 fully saturated rings. The SMILES string of the molecule is CC(C)(C)n1ncc(OCc2ccc(C(=O)c3ccc(Cl)cc3Cl)cc2)c(Cl)c1=O. The molecule has 0 amide bonds. The number of halogens is 3. The van der Waals surface area contributed by atoms with Crippen LogP contribution in [0.4, 0.5) is 0 Å². The van der Waals surface area contributed by atoms with Crippen molar-refractivity contribution in [3.05, 3.63) is 90.8 Å². The fourth-order valence-corrected chi connectivity index (χ4v) is 3.42. The van der Waals surface area contributed by atoms with Gasteiger partial charge in [-0.25, -0.2) is 4.68 Å². The Bertz CT molecular complexity index is 1150. The van der Waals surface area contributed by atoms with Crippen LogP contribution in [0.2, 0.25) is 15.1 Å². The Morgan fingerprint density at radius 3 is 2.33 bits per heavy atom. The van der Waals surface area contributed by atoms with E-state index in [9.17, 15) is 9.59 Å². The molecule has 156 valence electrons. The zero-order chi connectivity index (χ0) is 22.1. The molecule has 8 heteroatoms. The third-order valence-electron chi connectivity index (χ3n) is 4.31.